The van der Waals surface area contributed by atoms with E-state index in [-0.39, 0.29) is 5.92 Å². The Morgan fingerprint density at radius 1 is 0.707 bits per heavy atom. The van der Waals surface area contributed by atoms with Crippen LogP contribution in [0.3, 0.4) is 0 Å². The van der Waals surface area contributed by atoms with Crippen LogP contribution in [0.1, 0.15) is 88.0 Å². The molecule has 0 aromatic rings. The van der Waals surface area contributed by atoms with E-state index < -0.39 is 5.60 Å². The molecule has 0 amide bonds. The molecule has 0 aromatic carbocycles. The monoisotopic (exact) mass is 552 g/mol. The van der Waals surface area contributed by atoms with Crippen LogP contribution in [0.25, 0.3) is 0 Å². The molecule has 222 valence electrons. The second-order valence-corrected chi connectivity index (χ2v) is 12.2. The van der Waals surface area contributed by atoms with Crippen molar-refractivity contribution in [2.24, 2.45) is 11.8 Å². The summed E-state index contributed by atoms with van der Waals surface area (Å²) >= 11 is 0. The molecule has 1 fully saturated rings. The summed E-state index contributed by atoms with van der Waals surface area (Å²) in [6, 6.07) is 0. The Kier molecular flexibility index (Phi) is 16.7. The fourth-order valence-electron chi connectivity index (χ4n) is 4.75. The molecular formula is C40H56O. The molecule has 0 aromatic heterocycles. The summed E-state index contributed by atoms with van der Waals surface area (Å²) in [5.41, 5.74) is 8.07. The molecule has 1 rings (SSSR count). The molecule has 41 heavy (non-hydrogen) atoms. The van der Waals surface area contributed by atoms with Gasteiger partial charge in [0.05, 0.1) is 5.60 Å². The normalized spacial score (nSPS) is 23.8. The molecule has 1 aliphatic rings. The fourth-order valence-corrected chi connectivity index (χ4v) is 4.75. The van der Waals surface area contributed by atoms with Gasteiger partial charge in [-0.1, -0.05) is 143 Å². The summed E-state index contributed by atoms with van der Waals surface area (Å²) in [5.74, 6) is 0.485. The van der Waals surface area contributed by atoms with Crippen molar-refractivity contribution in [3.63, 3.8) is 0 Å². The van der Waals surface area contributed by atoms with Gasteiger partial charge in [0.15, 0.2) is 0 Å². The van der Waals surface area contributed by atoms with Crippen LogP contribution >= 0.6 is 0 Å². The lowest BCUT2D eigenvalue weighted by Crippen LogP contribution is -2.30. The molecule has 1 N–H and O–H groups in total. The third-order valence-corrected chi connectivity index (χ3v) is 7.41. The third kappa shape index (κ3) is 16.0. The summed E-state index contributed by atoms with van der Waals surface area (Å²) in [7, 11) is 0. The number of rotatable bonds is 14. The van der Waals surface area contributed by atoms with E-state index in [2.05, 4.69) is 159 Å². The van der Waals surface area contributed by atoms with Gasteiger partial charge in [-0.25, -0.2) is 0 Å². The van der Waals surface area contributed by atoms with Gasteiger partial charge in [0.25, 0.3) is 0 Å². The van der Waals surface area contributed by atoms with Crippen LogP contribution < -0.4 is 0 Å². The van der Waals surface area contributed by atoms with E-state index in [0.717, 1.165) is 31.3 Å². The van der Waals surface area contributed by atoms with Gasteiger partial charge in [-0.3, -0.25) is 0 Å². The van der Waals surface area contributed by atoms with Crippen molar-refractivity contribution in [3.05, 3.63) is 143 Å². The average molecular weight is 553 g/mol. The quantitative estimate of drug-likeness (QED) is 0.168. The van der Waals surface area contributed by atoms with Crippen molar-refractivity contribution in [3.8, 4) is 0 Å². The first-order valence-corrected chi connectivity index (χ1v) is 15.1. The van der Waals surface area contributed by atoms with Crippen LogP contribution in [0.15, 0.2) is 143 Å². The maximum Gasteiger partial charge on any atom is 0.0688 e. The summed E-state index contributed by atoms with van der Waals surface area (Å²) in [6.45, 7) is 23.1. The highest BCUT2D eigenvalue weighted by Gasteiger charge is 2.42. The van der Waals surface area contributed by atoms with Gasteiger partial charge in [0.2, 0.25) is 0 Å². The molecule has 0 saturated heterocycles. The van der Waals surface area contributed by atoms with Crippen LogP contribution in [0.5, 0.6) is 0 Å². The predicted octanol–water partition coefficient (Wildman–Crippen LogP) is 11.6. The maximum atomic E-state index is 10.8. The first-order valence-electron chi connectivity index (χ1n) is 15.1. The summed E-state index contributed by atoms with van der Waals surface area (Å²) in [4.78, 5) is 0. The molecule has 0 radical (unpaired) electrons. The van der Waals surface area contributed by atoms with Crippen molar-refractivity contribution in [2.45, 2.75) is 93.6 Å². The predicted molar refractivity (Wildman–Crippen MR) is 185 cm³/mol. The Labute approximate surface area is 252 Å². The number of allylic oxidation sites excluding steroid dienone is 22. The molecule has 3 atom stereocenters. The zero-order valence-corrected chi connectivity index (χ0v) is 27.4. The first kappa shape index (κ1) is 35.9. The standard InChI is InChI=1S/C40H56O/c1-31(2)17-13-20-35(7)23-15-25-36(8)24-14-21-33(5)18-11-12-19-34(6)22-16-26-37(9)27-28-39-38(32(3)4)29-30-40(39,10)41/h11-12,14-19,21-28,38-39,41H,3,13,20,29-30H2,1-2,4-10H3/b12-11+,21-14+,22-16+,25-15+,28-27+,33-18+,34-19+,35-23+,36-24+,37-26+/t38-,39-,40+/m1/s1. The summed E-state index contributed by atoms with van der Waals surface area (Å²) in [6.07, 6.45) is 38.2. The Bertz CT molecular complexity index is 1190. The van der Waals surface area contributed by atoms with Crippen LogP contribution in [-0.4, -0.2) is 10.7 Å². The van der Waals surface area contributed by atoms with Gasteiger partial charge in [-0.05, 0) is 93.9 Å². The molecule has 1 nitrogen and oxygen atoms in total. The first-order chi connectivity index (χ1) is 19.3. The van der Waals surface area contributed by atoms with Crippen molar-refractivity contribution in [1.82, 2.24) is 0 Å². The zero-order valence-electron chi connectivity index (χ0n) is 27.4. The molecule has 1 aliphatic carbocycles. The molecule has 1 saturated carbocycles. The van der Waals surface area contributed by atoms with E-state index >= 15 is 0 Å². The van der Waals surface area contributed by atoms with Crippen LogP contribution in [0.4, 0.5) is 0 Å². The lowest BCUT2D eigenvalue weighted by Gasteiger charge is -2.27. The SMILES string of the molecule is C=C(C)[C@H]1CC[C@](C)(O)[C@@H]1/C=C/C(C)=C/C=C/C(C)=C/C=C/C=C(C)/C=C/C=C(C)/C=C/C=C(\C)CCC=C(C)C. The second-order valence-electron chi connectivity index (χ2n) is 12.2. The van der Waals surface area contributed by atoms with Gasteiger partial charge in [-0.2, -0.15) is 0 Å². The average Bonchev–Trinajstić information content (AvgIpc) is 3.19. The molecular weight excluding hydrogens is 496 g/mol. The van der Waals surface area contributed by atoms with Crippen molar-refractivity contribution in [2.75, 3.05) is 0 Å². The van der Waals surface area contributed by atoms with E-state index in [4.69, 9.17) is 0 Å². The summed E-state index contributed by atoms with van der Waals surface area (Å²) < 4.78 is 0. The Hall–Kier alpha value is -3.16. The van der Waals surface area contributed by atoms with Crippen LogP contribution in [0.2, 0.25) is 0 Å². The molecule has 0 unspecified atom stereocenters. The molecule has 0 heterocycles. The van der Waals surface area contributed by atoms with E-state index in [9.17, 15) is 5.11 Å². The van der Waals surface area contributed by atoms with E-state index in [1.165, 1.54) is 33.4 Å². The lowest BCUT2D eigenvalue weighted by molar-refractivity contribution is 0.0331. The minimum absolute atomic E-state index is 0.127. The zero-order chi connectivity index (χ0) is 30.8. The van der Waals surface area contributed by atoms with Crippen LogP contribution in [0, 0.1) is 11.8 Å². The Morgan fingerprint density at radius 2 is 1.17 bits per heavy atom. The molecule has 0 aliphatic heterocycles. The molecule has 0 bridgehead atoms. The van der Waals surface area contributed by atoms with Crippen molar-refractivity contribution in [1.29, 1.82) is 0 Å². The van der Waals surface area contributed by atoms with Crippen molar-refractivity contribution < 1.29 is 5.11 Å². The van der Waals surface area contributed by atoms with Gasteiger partial charge in [-0.15, -0.1) is 0 Å². The highest BCUT2D eigenvalue weighted by Crippen LogP contribution is 2.44. The lowest BCUT2D eigenvalue weighted by atomic mass is 9.83. The van der Waals surface area contributed by atoms with Crippen LogP contribution in [-0.2, 0) is 0 Å². The number of hydrogen-bond acceptors (Lipinski definition) is 1. The number of aliphatic hydroxyl groups is 1. The summed E-state index contributed by atoms with van der Waals surface area (Å²) in [5, 5.41) is 10.8. The fraction of sp³-hybridized carbons (Fsp3) is 0.400. The minimum Gasteiger partial charge on any atom is -0.390 e. The highest BCUT2D eigenvalue weighted by molar-refractivity contribution is 5.32. The van der Waals surface area contributed by atoms with E-state index in [1.807, 2.05) is 6.92 Å². The van der Waals surface area contributed by atoms with E-state index in [0.29, 0.717) is 5.92 Å². The van der Waals surface area contributed by atoms with Gasteiger partial charge >= 0.3 is 0 Å². The van der Waals surface area contributed by atoms with Crippen molar-refractivity contribution >= 4 is 0 Å². The van der Waals surface area contributed by atoms with Gasteiger partial charge in [0.1, 0.15) is 0 Å². The van der Waals surface area contributed by atoms with Gasteiger partial charge < -0.3 is 5.11 Å². The third-order valence-electron chi connectivity index (χ3n) is 7.41. The van der Waals surface area contributed by atoms with Gasteiger partial charge in [0, 0.05) is 5.92 Å². The minimum atomic E-state index is -0.653. The molecule has 0 spiro atoms. The largest absolute Gasteiger partial charge is 0.390 e. The smallest absolute Gasteiger partial charge is 0.0688 e. The molecule has 1 heteroatoms. The topological polar surface area (TPSA) is 20.2 Å². The Morgan fingerprint density at radius 3 is 1.66 bits per heavy atom. The second kappa shape index (κ2) is 19.1. The highest BCUT2D eigenvalue weighted by atomic mass is 16.3. The Balaban J connectivity index is 2.59. The maximum absolute atomic E-state index is 10.8. The number of hydrogen-bond donors (Lipinski definition) is 1. The van der Waals surface area contributed by atoms with E-state index in [1.54, 1.807) is 0 Å².